The second-order valence-corrected chi connectivity index (χ2v) is 6.00. The van der Waals surface area contributed by atoms with Gasteiger partial charge in [0.05, 0.1) is 0 Å². The highest BCUT2D eigenvalue weighted by molar-refractivity contribution is 4.79. The van der Waals surface area contributed by atoms with E-state index in [-0.39, 0.29) is 0 Å². The molecule has 2 nitrogen and oxygen atoms in total. The van der Waals surface area contributed by atoms with Gasteiger partial charge in [-0.25, -0.2) is 0 Å². The summed E-state index contributed by atoms with van der Waals surface area (Å²) in [6, 6.07) is 0.795. The molecular weight excluding hydrogens is 222 g/mol. The maximum absolute atomic E-state index is 8.94. The zero-order valence-electron chi connectivity index (χ0n) is 12.5. The minimum Gasteiger partial charge on any atom is -0.396 e. The minimum absolute atomic E-state index is 0.347. The predicted octanol–water partition coefficient (Wildman–Crippen LogP) is 3.83. The van der Waals surface area contributed by atoms with Gasteiger partial charge in [-0.2, -0.15) is 0 Å². The molecule has 2 atom stereocenters. The third-order valence-corrected chi connectivity index (χ3v) is 4.40. The van der Waals surface area contributed by atoms with E-state index in [9.17, 15) is 0 Å². The van der Waals surface area contributed by atoms with E-state index in [1.54, 1.807) is 0 Å². The first-order chi connectivity index (χ1) is 8.79. The third kappa shape index (κ3) is 5.71. The normalized spacial score (nSPS) is 26.0. The Morgan fingerprint density at radius 3 is 2.39 bits per heavy atom. The molecule has 18 heavy (non-hydrogen) atoms. The fourth-order valence-electron chi connectivity index (χ4n) is 3.35. The van der Waals surface area contributed by atoms with Gasteiger partial charge in [0.2, 0.25) is 0 Å². The van der Waals surface area contributed by atoms with Gasteiger partial charge in [0.1, 0.15) is 0 Å². The van der Waals surface area contributed by atoms with Gasteiger partial charge in [-0.05, 0) is 51.1 Å². The Balaban J connectivity index is 2.49. The van der Waals surface area contributed by atoms with Crippen molar-refractivity contribution in [2.24, 2.45) is 5.92 Å². The fourth-order valence-corrected chi connectivity index (χ4v) is 3.35. The van der Waals surface area contributed by atoms with Gasteiger partial charge in [0, 0.05) is 12.6 Å². The van der Waals surface area contributed by atoms with E-state index in [0.29, 0.717) is 6.61 Å². The van der Waals surface area contributed by atoms with Gasteiger partial charge in [-0.15, -0.1) is 0 Å². The zero-order valence-corrected chi connectivity index (χ0v) is 12.5. The lowest BCUT2D eigenvalue weighted by atomic mass is 9.87. The predicted molar refractivity (Wildman–Crippen MR) is 78.8 cm³/mol. The average Bonchev–Trinajstić information content (AvgIpc) is 2.34. The van der Waals surface area contributed by atoms with Gasteiger partial charge < -0.3 is 10.0 Å². The molecule has 0 aliphatic heterocycles. The van der Waals surface area contributed by atoms with Crippen molar-refractivity contribution in [1.29, 1.82) is 0 Å². The Bertz CT molecular complexity index is 196. The van der Waals surface area contributed by atoms with Crippen LogP contribution >= 0.6 is 0 Å². The van der Waals surface area contributed by atoms with Crippen molar-refractivity contribution in [3.8, 4) is 0 Å². The van der Waals surface area contributed by atoms with E-state index in [1.165, 1.54) is 58.0 Å². The van der Waals surface area contributed by atoms with E-state index in [0.717, 1.165) is 24.8 Å². The third-order valence-electron chi connectivity index (χ3n) is 4.40. The molecule has 1 fully saturated rings. The molecule has 2 unspecified atom stereocenters. The molecule has 1 N–H and O–H groups in total. The monoisotopic (exact) mass is 255 g/mol. The largest absolute Gasteiger partial charge is 0.396 e. The first-order valence-electron chi connectivity index (χ1n) is 8.14. The molecule has 1 aliphatic carbocycles. The summed E-state index contributed by atoms with van der Waals surface area (Å²) in [7, 11) is 0. The first-order valence-corrected chi connectivity index (χ1v) is 8.14. The van der Waals surface area contributed by atoms with E-state index < -0.39 is 0 Å². The lowest BCUT2D eigenvalue weighted by Crippen LogP contribution is -2.41. The molecule has 1 rings (SSSR count). The molecule has 0 bridgehead atoms. The number of hydrogen-bond acceptors (Lipinski definition) is 2. The van der Waals surface area contributed by atoms with Gasteiger partial charge >= 0.3 is 0 Å². The van der Waals surface area contributed by atoms with E-state index in [4.69, 9.17) is 5.11 Å². The molecule has 108 valence electrons. The SMILES string of the molecule is CCCN(CCCCO)C1CCCCCCC1C. The van der Waals surface area contributed by atoms with Crippen LogP contribution in [0.15, 0.2) is 0 Å². The molecule has 0 amide bonds. The Kier molecular flexibility index (Phi) is 8.70. The molecule has 0 heterocycles. The highest BCUT2D eigenvalue weighted by Crippen LogP contribution is 2.26. The summed E-state index contributed by atoms with van der Waals surface area (Å²) in [5.41, 5.74) is 0. The maximum Gasteiger partial charge on any atom is 0.0431 e. The van der Waals surface area contributed by atoms with Crippen LogP contribution in [0, 0.1) is 5.92 Å². The maximum atomic E-state index is 8.94. The zero-order chi connectivity index (χ0) is 13.2. The Morgan fingerprint density at radius 2 is 1.72 bits per heavy atom. The summed E-state index contributed by atoms with van der Waals surface area (Å²) < 4.78 is 0. The van der Waals surface area contributed by atoms with E-state index in [2.05, 4.69) is 18.7 Å². The molecular formula is C16H33NO. The highest BCUT2D eigenvalue weighted by Gasteiger charge is 2.24. The van der Waals surface area contributed by atoms with Crippen molar-refractivity contribution >= 4 is 0 Å². The molecule has 0 radical (unpaired) electrons. The number of aliphatic hydroxyl groups excluding tert-OH is 1. The summed E-state index contributed by atoms with van der Waals surface area (Å²) in [5, 5.41) is 8.94. The van der Waals surface area contributed by atoms with Gasteiger partial charge in [0.15, 0.2) is 0 Å². The van der Waals surface area contributed by atoms with Gasteiger partial charge in [-0.3, -0.25) is 0 Å². The number of hydrogen-bond donors (Lipinski definition) is 1. The molecule has 0 aromatic carbocycles. The minimum atomic E-state index is 0.347. The second kappa shape index (κ2) is 9.80. The number of rotatable bonds is 7. The van der Waals surface area contributed by atoms with E-state index >= 15 is 0 Å². The van der Waals surface area contributed by atoms with Crippen molar-refractivity contribution in [2.75, 3.05) is 19.7 Å². The molecule has 0 saturated heterocycles. The summed E-state index contributed by atoms with van der Waals surface area (Å²) in [5.74, 6) is 0.853. The Labute approximate surface area is 114 Å². The molecule has 2 heteroatoms. The Hall–Kier alpha value is -0.0800. The van der Waals surface area contributed by atoms with Crippen LogP contribution in [0.5, 0.6) is 0 Å². The van der Waals surface area contributed by atoms with Crippen molar-refractivity contribution in [1.82, 2.24) is 4.90 Å². The van der Waals surface area contributed by atoms with Crippen LogP contribution in [-0.4, -0.2) is 35.7 Å². The van der Waals surface area contributed by atoms with Crippen LogP contribution < -0.4 is 0 Å². The molecule has 0 aromatic rings. The van der Waals surface area contributed by atoms with Crippen molar-refractivity contribution in [3.63, 3.8) is 0 Å². The molecule has 0 spiro atoms. The molecule has 1 aliphatic rings. The topological polar surface area (TPSA) is 23.5 Å². The first kappa shape index (κ1) is 16.0. The van der Waals surface area contributed by atoms with Crippen molar-refractivity contribution < 1.29 is 5.11 Å². The van der Waals surface area contributed by atoms with Crippen molar-refractivity contribution in [3.05, 3.63) is 0 Å². The standard InChI is InChI=1S/C16H33NO/c1-3-12-17(13-8-9-14-18)16-11-7-5-4-6-10-15(16)2/h15-16,18H,3-14H2,1-2H3. The van der Waals surface area contributed by atoms with Crippen LogP contribution in [0.3, 0.4) is 0 Å². The Morgan fingerprint density at radius 1 is 1.00 bits per heavy atom. The highest BCUT2D eigenvalue weighted by atomic mass is 16.2. The number of unbranched alkanes of at least 4 members (excludes halogenated alkanes) is 1. The van der Waals surface area contributed by atoms with Crippen LogP contribution in [0.4, 0.5) is 0 Å². The molecule has 0 aromatic heterocycles. The molecule has 1 saturated carbocycles. The van der Waals surface area contributed by atoms with Gasteiger partial charge in [-0.1, -0.05) is 39.5 Å². The van der Waals surface area contributed by atoms with E-state index in [1.807, 2.05) is 0 Å². The van der Waals surface area contributed by atoms with Gasteiger partial charge in [0.25, 0.3) is 0 Å². The summed E-state index contributed by atoms with van der Waals surface area (Å²) in [4.78, 5) is 2.71. The number of aliphatic hydroxyl groups is 1. The summed E-state index contributed by atoms with van der Waals surface area (Å²) in [6.07, 6.45) is 11.9. The summed E-state index contributed by atoms with van der Waals surface area (Å²) >= 11 is 0. The van der Waals surface area contributed by atoms with Crippen LogP contribution in [0.25, 0.3) is 0 Å². The smallest absolute Gasteiger partial charge is 0.0431 e. The lowest BCUT2D eigenvalue weighted by Gasteiger charge is -2.37. The van der Waals surface area contributed by atoms with Crippen molar-refractivity contribution in [2.45, 2.75) is 77.7 Å². The van der Waals surface area contributed by atoms with Crippen LogP contribution in [0.2, 0.25) is 0 Å². The van der Waals surface area contributed by atoms with Crippen LogP contribution in [0.1, 0.15) is 71.6 Å². The average molecular weight is 255 g/mol. The van der Waals surface area contributed by atoms with Crippen LogP contribution in [-0.2, 0) is 0 Å². The fraction of sp³-hybridized carbons (Fsp3) is 1.00. The summed E-state index contributed by atoms with van der Waals surface area (Å²) in [6.45, 7) is 7.50. The number of nitrogens with zero attached hydrogens (tertiary/aromatic N) is 1. The second-order valence-electron chi connectivity index (χ2n) is 6.00. The lowest BCUT2D eigenvalue weighted by molar-refractivity contribution is 0.119. The quantitative estimate of drug-likeness (QED) is 0.699.